The third-order valence-electron chi connectivity index (χ3n) is 4.54. The summed E-state index contributed by atoms with van der Waals surface area (Å²) in [5, 5.41) is 0. The summed E-state index contributed by atoms with van der Waals surface area (Å²) in [6.45, 7) is 3.14. The maximum Gasteiger partial charge on any atom is 0.214 e. The molecular weight excluding hydrogens is 339 g/mol. The number of nitrogens with zero attached hydrogens (tertiary/aromatic N) is 2. The van der Waals surface area contributed by atoms with Crippen LogP contribution in [0.5, 0.6) is 0 Å². The molecule has 3 rings (SSSR count). The van der Waals surface area contributed by atoms with E-state index in [1.165, 1.54) is 12.1 Å². The Balaban J connectivity index is 1.49. The predicted octanol–water partition coefficient (Wildman–Crippen LogP) is 2.52. The van der Waals surface area contributed by atoms with Crippen molar-refractivity contribution < 1.29 is 12.8 Å². The summed E-state index contributed by atoms with van der Waals surface area (Å²) in [4.78, 5) is 2.20. The van der Waals surface area contributed by atoms with Crippen LogP contribution in [-0.4, -0.2) is 49.6 Å². The fourth-order valence-corrected chi connectivity index (χ4v) is 4.51. The van der Waals surface area contributed by atoms with Gasteiger partial charge in [0.25, 0.3) is 0 Å². The molecule has 0 atom stereocenters. The molecular formula is C19H23FN2O2S. The normalized spacial score (nSPS) is 16.8. The van der Waals surface area contributed by atoms with E-state index in [-0.39, 0.29) is 11.6 Å². The lowest BCUT2D eigenvalue weighted by molar-refractivity contribution is 0.181. The Morgan fingerprint density at radius 1 is 0.840 bits per heavy atom. The molecule has 4 nitrogen and oxygen atoms in total. The molecule has 134 valence electrons. The fraction of sp³-hybridized carbons (Fsp3) is 0.368. The fourth-order valence-electron chi connectivity index (χ4n) is 3.03. The molecule has 1 saturated heterocycles. The summed E-state index contributed by atoms with van der Waals surface area (Å²) in [7, 11) is -3.23. The number of rotatable bonds is 6. The van der Waals surface area contributed by atoms with E-state index in [9.17, 15) is 12.8 Å². The highest BCUT2D eigenvalue weighted by Crippen LogP contribution is 2.13. The van der Waals surface area contributed by atoms with Crippen molar-refractivity contribution in [2.24, 2.45) is 0 Å². The summed E-state index contributed by atoms with van der Waals surface area (Å²) in [6, 6.07) is 16.2. The average molecular weight is 362 g/mol. The summed E-state index contributed by atoms with van der Waals surface area (Å²) >= 11 is 0. The Hall–Kier alpha value is -1.76. The third kappa shape index (κ3) is 5.11. The zero-order valence-corrected chi connectivity index (χ0v) is 15.0. The Morgan fingerprint density at radius 3 is 2.12 bits per heavy atom. The molecule has 2 aromatic carbocycles. The first-order valence-electron chi connectivity index (χ1n) is 8.51. The SMILES string of the molecule is O=S(=O)(CCc1ccccc1)N1CCN(Cc2ccc(F)cc2)CC1. The molecule has 0 saturated carbocycles. The van der Waals surface area contributed by atoms with Gasteiger partial charge in [0, 0.05) is 32.7 Å². The highest BCUT2D eigenvalue weighted by Gasteiger charge is 2.26. The van der Waals surface area contributed by atoms with Gasteiger partial charge in [0.05, 0.1) is 5.75 Å². The van der Waals surface area contributed by atoms with E-state index >= 15 is 0 Å². The van der Waals surface area contributed by atoms with Crippen molar-refractivity contribution in [1.82, 2.24) is 9.21 Å². The Morgan fingerprint density at radius 2 is 1.48 bits per heavy atom. The van der Waals surface area contributed by atoms with Gasteiger partial charge in [-0.15, -0.1) is 0 Å². The van der Waals surface area contributed by atoms with E-state index in [1.54, 1.807) is 16.4 Å². The van der Waals surface area contributed by atoms with Crippen LogP contribution in [0.15, 0.2) is 54.6 Å². The van der Waals surface area contributed by atoms with Gasteiger partial charge in [0.1, 0.15) is 5.82 Å². The monoisotopic (exact) mass is 362 g/mol. The molecule has 25 heavy (non-hydrogen) atoms. The Kier molecular flexibility index (Phi) is 5.83. The number of hydrogen-bond donors (Lipinski definition) is 0. The van der Waals surface area contributed by atoms with Crippen LogP contribution in [-0.2, 0) is 23.0 Å². The van der Waals surface area contributed by atoms with Crippen molar-refractivity contribution >= 4 is 10.0 Å². The number of sulfonamides is 1. The van der Waals surface area contributed by atoms with E-state index in [2.05, 4.69) is 4.90 Å². The number of halogens is 1. The Labute approximate surface area is 148 Å². The van der Waals surface area contributed by atoms with E-state index in [1.807, 2.05) is 30.3 Å². The van der Waals surface area contributed by atoms with Crippen molar-refractivity contribution in [3.05, 3.63) is 71.5 Å². The molecule has 1 aliphatic heterocycles. The molecule has 0 N–H and O–H groups in total. The zero-order chi connectivity index (χ0) is 17.7. The minimum Gasteiger partial charge on any atom is -0.296 e. The van der Waals surface area contributed by atoms with E-state index in [0.29, 0.717) is 32.6 Å². The van der Waals surface area contributed by atoms with Crippen LogP contribution in [0.2, 0.25) is 0 Å². The molecule has 6 heteroatoms. The van der Waals surface area contributed by atoms with Crippen molar-refractivity contribution in [3.63, 3.8) is 0 Å². The van der Waals surface area contributed by atoms with E-state index in [4.69, 9.17) is 0 Å². The molecule has 0 radical (unpaired) electrons. The van der Waals surface area contributed by atoms with Crippen molar-refractivity contribution in [2.75, 3.05) is 31.9 Å². The molecule has 0 aromatic heterocycles. The van der Waals surface area contributed by atoms with Crippen LogP contribution < -0.4 is 0 Å². The first-order chi connectivity index (χ1) is 12.0. The molecule has 0 bridgehead atoms. The molecule has 1 aliphatic rings. The molecule has 1 fully saturated rings. The van der Waals surface area contributed by atoms with Gasteiger partial charge in [-0.2, -0.15) is 4.31 Å². The van der Waals surface area contributed by atoms with Gasteiger partial charge in [-0.05, 0) is 29.7 Å². The lowest BCUT2D eigenvalue weighted by Crippen LogP contribution is -2.49. The topological polar surface area (TPSA) is 40.6 Å². The van der Waals surface area contributed by atoms with Gasteiger partial charge in [-0.25, -0.2) is 12.8 Å². The average Bonchev–Trinajstić information content (AvgIpc) is 2.63. The van der Waals surface area contributed by atoms with Crippen LogP contribution in [0, 0.1) is 5.82 Å². The summed E-state index contributed by atoms with van der Waals surface area (Å²) in [5.74, 6) is -0.0901. The molecule has 2 aromatic rings. The van der Waals surface area contributed by atoms with Gasteiger partial charge in [0.15, 0.2) is 0 Å². The van der Waals surface area contributed by atoms with Crippen LogP contribution in [0.3, 0.4) is 0 Å². The van der Waals surface area contributed by atoms with Crippen LogP contribution in [0.25, 0.3) is 0 Å². The zero-order valence-electron chi connectivity index (χ0n) is 14.1. The highest BCUT2D eigenvalue weighted by molar-refractivity contribution is 7.89. The maximum absolute atomic E-state index is 13.0. The third-order valence-corrected chi connectivity index (χ3v) is 6.41. The summed E-state index contributed by atoms with van der Waals surface area (Å²) in [5.41, 5.74) is 2.09. The lowest BCUT2D eigenvalue weighted by atomic mass is 10.2. The molecule has 0 amide bonds. The number of hydrogen-bond acceptors (Lipinski definition) is 3. The quantitative estimate of drug-likeness (QED) is 0.793. The second-order valence-corrected chi connectivity index (χ2v) is 8.44. The summed E-state index contributed by atoms with van der Waals surface area (Å²) in [6.07, 6.45) is 0.541. The molecule has 0 spiro atoms. The van der Waals surface area contributed by atoms with Crippen molar-refractivity contribution in [1.29, 1.82) is 0 Å². The molecule has 0 unspecified atom stereocenters. The van der Waals surface area contributed by atoms with Crippen molar-refractivity contribution in [2.45, 2.75) is 13.0 Å². The van der Waals surface area contributed by atoms with Crippen LogP contribution in [0.4, 0.5) is 4.39 Å². The molecule has 0 aliphatic carbocycles. The maximum atomic E-state index is 13.0. The minimum atomic E-state index is -3.23. The van der Waals surface area contributed by atoms with Crippen LogP contribution >= 0.6 is 0 Å². The number of piperazine rings is 1. The second kappa shape index (κ2) is 8.08. The largest absolute Gasteiger partial charge is 0.296 e. The van der Waals surface area contributed by atoms with Gasteiger partial charge < -0.3 is 0 Å². The smallest absolute Gasteiger partial charge is 0.214 e. The van der Waals surface area contributed by atoms with E-state index in [0.717, 1.165) is 17.7 Å². The number of benzene rings is 2. The van der Waals surface area contributed by atoms with Gasteiger partial charge in [-0.3, -0.25) is 4.90 Å². The summed E-state index contributed by atoms with van der Waals surface area (Å²) < 4.78 is 39.6. The predicted molar refractivity (Wildman–Crippen MR) is 97.2 cm³/mol. The minimum absolute atomic E-state index is 0.148. The first kappa shape index (κ1) is 18.0. The first-order valence-corrected chi connectivity index (χ1v) is 10.1. The lowest BCUT2D eigenvalue weighted by Gasteiger charge is -2.34. The van der Waals surface area contributed by atoms with Gasteiger partial charge in [0.2, 0.25) is 10.0 Å². The van der Waals surface area contributed by atoms with Gasteiger partial charge >= 0.3 is 0 Å². The standard InChI is InChI=1S/C19H23FN2O2S/c20-19-8-6-18(7-9-19)16-21-11-13-22(14-12-21)25(23,24)15-10-17-4-2-1-3-5-17/h1-9H,10-16H2. The highest BCUT2D eigenvalue weighted by atomic mass is 32.2. The Bertz CT molecular complexity index is 771. The van der Waals surface area contributed by atoms with Crippen molar-refractivity contribution in [3.8, 4) is 0 Å². The second-order valence-electron chi connectivity index (χ2n) is 6.35. The van der Waals surface area contributed by atoms with Gasteiger partial charge in [-0.1, -0.05) is 42.5 Å². The number of aryl methyl sites for hydroxylation is 1. The molecule has 1 heterocycles. The van der Waals surface area contributed by atoms with E-state index < -0.39 is 10.0 Å². The van der Waals surface area contributed by atoms with Crippen LogP contribution in [0.1, 0.15) is 11.1 Å².